The van der Waals surface area contributed by atoms with Crippen molar-refractivity contribution in [3.63, 3.8) is 0 Å². The molecule has 0 aliphatic heterocycles. The van der Waals surface area contributed by atoms with Crippen molar-refractivity contribution in [3.05, 3.63) is 11.1 Å². The summed E-state index contributed by atoms with van der Waals surface area (Å²) in [6, 6.07) is 0. The molecule has 1 N–H and O–H groups in total. The van der Waals surface area contributed by atoms with E-state index in [1.54, 1.807) is 11.1 Å². The standard InChI is InChI=1S/C17H28O/c1-15(2)8-5-12(7-10-18)14-16(3,4)13-6-9-17(14,15)11-13/h13,18H,5-11H2,1-4H3/t13-,17-/m0/s1. The Morgan fingerprint density at radius 1 is 1.17 bits per heavy atom. The number of fused-ring (bicyclic) bond motifs is 1. The monoisotopic (exact) mass is 248 g/mol. The lowest BCUT2D eigenvalue weighted by Gasteiger charge is -2.53. The molecule has 0 heterocycles. The van der Waals surface area contributed by atoms with Gasteiger partial charge in [-0.1, -0.05) is 38.8 Å². The van der Waals surface area contributed by atoms with Crippen LogP contribution in [-0.4, -0.2) is 11.7 Å². The van der Waals surface area contributed by atoms with E-state index in [1.807, 2.05) is 0 Å². The molecule has 1 heteroatoms. The summed E-state index contributed by atoms with van der Waals surface area (Å²) in [7, 11) is 0. The Hall–Kier alpha value is -0.300. The number of hydrogen-bond donors (Lipinski definition) is 1. The smallest absolute Gasteiger partial charge is 0.0468 e. The van der Waals surface area contributed by atoms with Crippen LogP contribution >= 0.6 is 0 Å². The summed E-state index contributed by atoms with van der Waals surface area (Å²) < 4.78 is 0. The Labute approximate surface area is 112 Å². The van der Waals surface area contributed by atoms with Crippen molar-refractivity contribution >= 4 is 0 Å². The van der Waals surface area contributed by atoms with Gasteiger partial charge in [0.1, 0.15) is 0 Å². The lowest BCUT2D eigenvalue weighted by Crippen LogP contribution is -2.43. The summed E-state index contributed by atoms with van der Waals surface area (Å²) in [6.45, 7) is 10.2. The molecule has 0 unspecified atom stereocenters. The molecule has 0 radical (unpaired) electrons. The number of rotatable bonds is 2. The molecule has 102 valence electrons. The van der Waals surface area contributed by atoms with E-state index in [4.69, 9.17) is 0 Å². The van der Waals surface area contributed by atoms with E-state index in [0.29, 0.717) is 22.9 Å². The second kappa shape index (κ2) is 3.62. The maximum Gasteiger partial charge on any atom is 0.0468 e. The molecule has 3 aliphatic carbocycles. The topological polar surface area (TPSA) is 20.2 Å². The third-order valence-electron chi connectivity index (χ3n) is 6.77. The highest BCUT2D eigenvalue weighted by Crippen LogP contribution is 2.74. The zero-order valence-electron chi connectivity index (χ0n) is 12.5. The summed E-state index contributed by atoms with van der Waals surface area (Å²) in [5, 5.41) is 9.37. The average molecular weight is 248 g/mol. The van der Waals surface area contributed by atoms with Crippen LogP contribution < -0.4 is 0 Å². The van der Waals surface area contributed by atoms with Crippen molar-refractivity contribution in [2.45, 2.75) is 66.2 Å². The lowest BCUT2D eigenvalue weighted by molar-refractivity contribution is 0.0837. The Morgan fingerprint density at radius 2 is 1.89 bits per heavy atom. The van der Waals surface area contributed by atoms with Crippen molar-refractivity contribution in [3.8, 4) is 0 Å². The molecule has 1 nitrogen and oxygen atoms in total. The number of hydrogen-bond acceptors (Lipinski definition) is 1. The third kappa shape index (κ3) is 1.32. The molecule has 3 rings (SSSR count). The van der Waals surface area contributed by atoms with E-state index in [2.05, 4.69) is 27.7 Å². The second-order valence-corrected chi connectivity index (χ2v) is 8.08. The summed E-state index contributed by atoms with van der Waals surface area (Å²) in [6.07, 6.45) is 7.70. The minimum atomic E-state index is 0.329. The van der Waals surface area contributed by atoms with E-state index in [1.165, 1.54) is 32.1 Å². The van der Waals surface area contributed by atoms with E-state index < -0.39 is 0 Å². The average Bonchev–Trinajstić information content (AvgIpc) is 2.79. The number of aliphatic hydroxyl groups is 1. The van der Waals surface area contributed by atoms with Crippen molar-refractivity contribution in [1.29, 1.82) is 0 Å². The maximum absolute atomic E-state index is 9.37. The van der Waals surface area contributed by atoms with Crippen LogP contribution in [-0.2, 0) is 0 Å². The highest BCUT2D eigenvalue weighted by molar-refractivity contribution is 5.41. The lowest BCUT2D eigenvalue weighted by atomic mass is 9.52. The van der Waals surface area contributed by atoms with Gasteiger partial charge in [-0.15, -0.1) is 0 Å². The molecule has 0 aromatic carbocycles. The number of aliphatic hydroxyl groups excluding tert-OH is 1. The third-order valence-corrected chi connectivity index (χ3v) is 6.77. The fourth-order valence-corrected chi connectivity index (χ4v) is 5.67. The first kappa shape index (κ1) is 12.7. The Balaban J connectivity index is 2.17. The van der Waals surface area contributed by atoms with E-state index >= 15 is 0 Å². The fraction of sp³-hybridized carbons (Fsp3) is 0.882. The van der Waals surface area contributed by atoms with Gasteiger partial charge in [0.15, 0.2) is 0 Å². The van der Waals surface area contributed by atoms with Gasteiger partial charge < -0.3 is 5.11 Å². The summed E-state index contributed by atoms with van der Waals surface area (Å²) in [5.74, 6) is 0.888. The van der Waals surface area contributed by atoms with Gasteiger partial charge >= 0.3 is 0 Å². The van der Waals surface area contributed by atoms with Gasteiger partial charge in [0, 0.05) is 6.61 Å². The van der Waals surface area contributed by atoms with Crippen LogP contribution in [0.3, 0.4) is 0 Å². The Bertz CT molecular complexity index is 402. The highest BCUT2D eigenvalue weighted by atomic mass is 16.2. The van der Waals surface area contributed by atoms with Crippen LogP contribution in [0.5, 0.6) is 0 Å². The van der Waals surface area contributed by atoms with Gasteiger partial charge in [-0.2, -0.15) is 0 Å². The second-order valence-electron chi connectivity index (χ2n) is 8.08. The van der Waals surface area contributed by atoms with Crippen LogP contribution in [0.1, 0.15) is 66.2 Å². The van der Waals surface area contributed by atoms with Gasteiger partial charge in [-0.25, -0.2) is 0 Å². The summed E-state index contributed by atoms with van der Waals surface area (Å²) in [4.78, 5) is 0. The highest BCUT2D eigenvalue weighted by Gasteiger charge is 2.64. The summed E-state index contributed by atoms with van der Waals surface area (Å²) >= 11 is 0. The molecular weight excluding hydrogens is 220 g/mol. The molecule has 0 aromatic rings. The SMILES string of the molecule is CC1(C)C2=C(CCO)CCC(C)(C)[C@]23CC[C@H]1C3. The predicted octanol–water partition coefficient (Wildman–Crippen LogP) is 4.31. The first-order valence-corrected chi connectivity index (χ1v) is 7.69. The van der Waals surface area contributed by atoms with Crippen LogP contribution in [0, 0.1) is 22.2 Å². The van der Waals surface area contributed by atoms with Gasteiger partial charge in [0.2, 0.25) is 0 Å². The maximum atomic E-state index is 9.37. The zero-order chi connectivity index (χ0) is 13.2. The molecule has 0 aromatic heterocycles. The van der Waals surface area contributed by atoms with Crippen LogP contribution in [0.25, 0.3) is 0 Å². The van der Waals surface area contributed by atoms with Crippen LogP contribution in [0.4, 0.5) is 0 Å². The first-order chi connectivity index (χ1) is 8.35. The van der Waals surface area contributed by atoms with Crippen LogP contribution in [0.2, 0.25) is 0 Å². The molecule has 2 bridgehead atoms. The van der Waals surface area contributed by atoms with E-state index in [-0.39, 0.29) is 0 Å². The minimum absolute atomic E-state index is 0.329. The molecule has 2 atom stereocenters. The van der Waals surface area contributed by atoms with Gasteiger partial charge in [-0.05, 0) is 60.7 Å². The molecule has 0 saturated heterocycles. The van der Waals surface area contributed by atoms with Gasteiger partial charge in [0.25, 0.3) is 0 Å². The predicted molar refractivity (Wildman–Crippen MR) is 75.3 cm³/mol. The Morgan fingerprint density at radius 3 is 2.56 bits per heavy atom. The van der Waals surface area contributed by atoms with Gasteiger partial charge in [0.05, 0.1) is 0 Å². The van der Waals surface area contributed by atoms with Crippen molar-refractivity contribution in [2.75, 3.05) is 6.61 Å². The summed E-state index contributed by atoms with van der Waals surface area (Å²) in [5.41, 5.74) is 4.72. The first-order valence-electron chi connectivity index (χ1n) is 7.69. The zero-order valence-corrected chi connectivity index (χ0v) is 12.5. The molecule has 2 saturated carbocycles. The molecule has 3 aliphatic rings. The molecule has 18 heavy (non-hydrogen) atoms. The van der Waals surface area contributed by atoms with Crippen molar-refractivity contribution < 1.29 is 5.11 Å². The number of allylic oxidation sites excluding steroid dienone is 1. The normalized spacial score (nSPS) is 40.2. The molecule has 2 fully saturated rings. The molecule has 1 spiro atoms. The molecular formula is C17H28O. The van der Waals surface area contributed by atoms with Crippen LogP contribution in [0.15, 0.2) is 11.1 Å². The Kier molecular flexibility index (Phi) is 2.56. The van der Waals surface area contributed by atoms with E-state index in [0.717, 1.165) is 12.3 Å². The van der Waals surface area contributed by atoms with E-state index in [9.17, 15) is 5.11 Å². The fourth-order valence-electron chi connectivity index (χ4n) is 5.67. The van der Waals surface area contributed by atoms with Crippen molar-refractivity contribution in [2.24, 2.45) is 22.2 Å². The van der Waals surface area contributed by atoms with Gasteiger partial charge in [-0.3, -0.25) is 0 Å². The van der Waals surface area contributed by atoms with Crippen molar-refractivity contribution in [1.82, 2.24) is 0 Å². The molecule has 0 amide bonds. The largest absolute Gasteiger partial charge is 0.396 e. The quantitative estimate of drug-likeness (QED) is 0.722. The minimum Gasteiger partial charge on any atom is -0.396 e.